The van der Waals surface area contributed by atoms with E-state index in [-0.39, 0.29) is 24.5 Å². The van der Waals surface area contributed by atoms with Gasteiger partial charge in [0.15, 0.2) is 5.78 Å². The normalized spacial score (nSPS) is 11.9. The lowest BCUT2D eigenvalue weighted by atomic mass is 9.94. The number of hydrogen-bond acceptors (Lipinski definition) is 4. The highest BCUT2D eigenvalue weighted by atomic mass is 16.5. The van der Waals surface area contributed by atoms with Crippen LogP contribution >= 0.6 is 0 Å². The molecule has 1 N–H and O–H groups in total. The molecule has 0 aliphatic rings. The Kier molecular flexibility index (Phi) is 8.34. The first kappa shape index (κ1) is 24.1. The standard InChI is InChI=1S/C26H29N3O4/c1-18(14-24(31)32)13-23(30)25-21-15-20(27-2)16-28-26(21)29(3)22(25)11-7-8-12-33-17-19-9-5-4-6-10-19/h4-6,9-10,15-16,18H,7-8,11-14,17H2,1,3H3,(H,31,32)/t18-/m0/s1. The lowest BCUT2D eigenvalue weighted by Gasteiger charge is -2.11. The number of carboxylic acids is 1. The molecule has 2 heterocycles. The monoisotopic (exact) mass is 447 g/mol. The van der Waals surface area contributed by atoms with Crippen LogP contribution in [-0.4, -0.2) is 33.0 Å². The summed E-state index contributed by atoms with van der Waals surface area (Å²) in [6.07, 6.45) is 3.94. The van der Waals surface area contributed by atoms with E-state index in [4.69, 9.17) is 16.4 Å². The molecule has 0 spiro atoms. The third-order valence-electron chi connectivity index (χ3n) is 5.66. The van der Waals surface area contributed by atoms with Crippen molar-refractivity contribution in [2.75, 3.05) is 6.61 Å². The van der Waals surface area contributed by atoms with Crippen LogP contribution in [0.2, 0.25) is 0 Å². The van der Waals surface area contributed by atoms with Crippen molar-refractivity contribution in [2.45, 2.75) is 45.6 Å². The molecule has 0 unspecified atom stereocenters. The molecule has 3 aromatic rings. The SMILES string of the molecule is [C-]#[N+]c1cnc2c(c1)c(C(=O)C[C@H](C)CC(=O)O)c(CCCCOCc1ccccc1)n2C. The number of Topliss-reactive ketones (excluding diaryl/α,β-unsaturated/α-hetero) is 1. The van der Waals surface area contributed by atoms with Crippen LogP contribution in [0.5, 0.6) is 0 Å². The van der Waals surface area contributed by atoms with Gasteiger partial charge in [0, 0.05) is 49.3 Å². The van der Waals surface area contributed by atoms with Crippen LogP contribution in [0.15, 0.2) is 42.6 Å². The van der Waals surface area contributed by atoms with Crippen LogP contribution in [0.1, 0.15) is 54.2 Å². The van der Waals surface area contributed by atoms with E-state index in [1.807, 2.05) is 41.9 Å². The molecule has 7 nitrogen and oxygen atoms in total. The molecule has 33 heavy (non-hydrogen) atoms. The summed E-state index contributed by atoms with van der Waals surface area (Å²) in [6, 6.07) is 11.7. The zero-order valence-corrected chi connectivity index (χ0v) is 19.1. The number of rotatable bonds is 12. The van der Waals surface area contributed by atoms with Gasteiger partial charge in [0.1, 0.15) is 5.65 Å². The van der Waals surface area contributed by atoms with Crippen LogP contribution in [0.25, 0.3) is 15.9 Å². The van der Waals surface area contributed by atoms with Gasteiger partial charge in [0.05, 0.1) is 13.2 Å². The lowest BCUT2D eigenvalue weighted by molar-refractivity contribution is -0.137. The van der Waals surface area contributed by atoms with Crippen molar-refractivity contribution in [3.8, 4) is 0 Å². The predicted octanol–water partition coefficient (Wildman–Crippen LogP) is 5.35. The van der Waals surface area contributed by atoms with E-state index in [0.29, 0.717) is 41.9 Å². The van der Waals surface area contributed by atoms with Crippen molar-refractivity contribution in [1.29, 1.82) is 0 Å². The second-order valence-corrected chi connectivity index (χ2v) is 8.38. The predicted molar refractivity (Wildman–Crippen MR) is 126 cm³/mol. The Hall–Kier alpha value is -3.50. The molecule has 0 saturated carbocycles. The third-order valence-corrected chi connectivity index (χ3v) is 5.66. The van der Waals surface area contributed by atoms with Crippen molar-refractivity contribution in [3.63, 3.8) is 0 Å². The van der Waals surface area contributed by atoms with Gasteiger partial charge in [-0.3, -0.25) is 9.59 Å². The Morgan fingerprint density at radius 2 is 1.97 bits per heavy atom. The average Bonchev–Trinajstić information content (AvgIpc) is 3.07. The third kappa shape index (κ3) is 6.27. The molecule has 1 atom stereocenters. The summed E-state index contributed by atoms with van der Waals surface area (Å²) in [5, 5.41) is 9.72. The van der Waals surface area contributed by atoms with Gasteiger partial charge >= 0.3 is 5.97 Å². The number of aliphatic carboxylic acids is 1. The molecule has 0 aliphatic heterocycles. The molecule has 0 radical (unpaired) electrons. The molecule has 0 bridgehead atoms. The van der Waals surface area contributed by atoms with E-state index in [0.717, 1.165) is 24.1 Å². The first-order valence-electron chi connectivity index (χ1n) is 11.1. The molecule has 0 aliphatic carbocycles. The number of ketones is 1. The minimum atomic E-state index is -0.916. The second kappa shape index (κ2) is 11.4. The second-order valence-electron chi connectivity index (χ2n) is 8.38. The fraction of sp³-hybridized carbons (Fsp3) is 0.385. The number of unbranched alkanes of at least 4 members (excludes halogenated alkanes) is 1. The zero-order chi connectivity index (χ0) is 23.8. The number of benzene rings is 1. The summed E-state index contributed by atoms with van der Waals surface area (Å²) < 4.78 is 7.69. The van der Waals surface area contributed by atoms with E-state index in [9.17, 15) is 9.59 Å². The topological polar surface area (TPSA) is 85.8 Å². The average molecular weight is 448 g/mol. The highest BCUT2D eigenvalue weighted by Crippen LogP contribution is 2.30. The number of fused-ring (bicyclic) bond motifs is 1. The van der Waals surface area contributed by atoms with Crippen molar-refractivity contribution >= 4 is 28.5 Å². The quantitative estimate of drug-likeness (QED) is 0.230. The number of carbonyl (C=O) groups is 2. The molecular weight excluding hydrogens is 418 g/mol. The highest BCUT2D eigenvalue weighted by molar-refractivity contribution is 6.09. The summed E-state index contributed by atoms with van der Waals surface area (Å²) in [5.41, 5.74) is 3.60. The molecule has 1 aromatic carbocycles. The van der Waals surface area contributed by atoms with Gasteiger partial charge in [0.25, 0.3) is 0 Å². The van der Waals surface area contributed by atoms with Crippen LogP contribution in [0.4, 0.5) is 5.69 Å². The molecule has 0 fully saturated rings. The van der Waals surface area contributed by atoms with Gasteiger partial charge < -0.3 is 14.4 Å². The van der Waals surface area contributed by atoms with Gasteiger partial charge in [-0.1, -0.05) is 37.3 Å². The summed E-state index contributed by atoms with van der Waals surface area (Å²) >= 11 is 0. The van der Waals surface area contributed by atoms with E-state index in [2.05, 4.69) is 9.83 Å². The number of pyridine rings is 1. The van der Waals surface area contributed by atoms with E-state index in [1.165, 1.54) is 6.20 Å². The Labute approximate surface area is 193 Å². The maximum Gasteiger partial charge on any atom is 0.303 e. The molecule has 3 rings (SSSR count). The molecule has 7 heteroatoms. The van der Waals surface area contributed by atoms with Gasteiger partial charge in [0.2, 0.25) is 5.69 Å². The van der Waals surface area contributed by atoms with Gasteiger partial charge in [-0.15, -0.1) is 0 Å². The summed E-state index contributed by atoms with van der Waals surface area (Å²) in [7, 11) is 1.88. The first-order valence-corrected chi connectivity index (χ1v) is 11.1. The van der Waals surface area contributed by atoms with E-state index >= 15 is 0 Å². The smallest absolute Gasteiger partial charge is 0.303 e. The number of aromatic nitrogens is 2. The zero-order valence-electron chi connectivity index (χ0n) is 19.1. The minimum absolute atomic E-state index is 0.0594. The van der Waals surface area contributed by atoms with E-state index < -0.39 is 5.97 Å². The largest absolute Gasteiger partial charge is 0.481 e. The van der Waals surface area contributed by atoms with Crippen LogP contribution < -0.4 is 0 Å². The van der Waals surface area contributed by atoms with Crippen molar-refractivity contribution in [3.05, 3.63) is 70.8 Å². The molecule has 0 amide bonds. The Morgan fingerprint density at radius 1 is 1.21 bits per heavy atom. The Morgan fingerprint density at radius 3 is 2.67 bits per heavy atom. The number of nitrogens with zero attached hydrogens (tertiary/aromatic N) is 3. The number of hydrogen-bond donors (Lipinski definition) is 1. The summed E-state index contributed by atoms with van der Waals surface area (Å²) in [4.78, 5) is 32.1. The number of carbonyl (C=O) groups excluding carboxylic acids is 1. The van der Waals surface area contributed by atoms with Gasteiger partial charge in [-0.2, -0.15) is 0 Å². The van der Waals surface area contributed by atoms with Crippen LogP contribution in [0.3, 0.4) is 0 Å². The Balaban J connectivity index is 1.73. The minimum Gasteiger partial charge on any atom is -0.481 e. The number of aryl methyl sites for hydroxylation is 1. The molecule has 172 valence electrons. The van der Waals surface area contributed by atoms with Gasteiger partial charge in [-0.25, -0.2) is 9.83 Å². The van der Waals surface area contributed by atoms with Crippen molar-refractivity contribution in [2.24, 2.45) is 13.0 Å². The molecule has 0 saturated heterocycles. The summed E-state index contributed by atoms with van der Waals surface area (Å²) in [6.45, 7) is 10.3. The number of carboxylic acid groups (broad SMARTS) is 1. The highest BCUT2D eigenvalue weighted by Gasteiger charge is 2.24. The van der Waals surface area contributed by atoms with Crippen molar-refractivity contribution < 1.29 is 19.4 Å². The Bertz CT molecular complexity index is 1160. The fourth-order valence-corrected chi connectivity index (χ4v) is 4.06. The molecular formula is C26H29N3O4. The van der Waals surface area contributed by atoms with Crippen LogP contribution in [0, 0.1) is 12.5 Å². The maximum absolute atomic E-state index is 13.2. The first-order chi connectivity index (χ1) is 15.9. The lowest BCUT2D eigenvalue weighted by Crippen LogP contribution is -2.12. The van der Waals surface area contributed by atoms with Crippen LogP contribution in [-0.2, 0) is 29.6 Å². The van der Waals surface area contributed by atoms with Crippen molar-refractivity contribution in [1.82, 2.24) is 9.55 Å². The van der Waals surface area contributed by atoms with E-state index in [1.54, 1.807) is 13.0 Å². The molecule has 2 aromatic heterocycles. The maximum atomic E-state index is 13.2. The number of ether oxygens (including phenoxy) is 1. The van der Waals surface area contributed by atoms with Gasteiger partial charge in [-0.05, 0) is 36.8 Å². The summed E-state index contributed by atoms with van der Waals surface area (Å²) in [5.74, 6) is -1.30. The fourth-order valence-electron chi connectivity index (χ4n) is 4.06.